The largest absolute Gasteiger partial charge is 1.00 e. The monoisotopic (exact) mass is 882 g/mol. The minimum atomic E-state index is -4.40. The van der Waals surface area contributed by atoms with Gasteiger partial charge in [-0.25, -0.2) is 12.1 Å². The van der Waals surface area contributed by atoms with Crippen LogP contribution in [0.1, 0.15) is 33.4 Å². The summed E-state index contributed by atoms with van der Waals surface area (Å²) < 4.78 is 75.7. The average molecular weight is 882 g/mol. The molecule has 1 aliphatic rings. The van der Waals surface area contributed by atoms with Crippen molar-refractivity contribution in [3.8, 4) is 11.1 Å². The molecule has 7 aromatic carbocycles. The Hall–Kier alpha value is -3.91. The van der Waals surface area contributed by atoms with E-state index in [-0.39, 0.29) is 24.8 Å². The van der Waals surface area contributed by atoms with Gasteiger partial charge in [0, 0.05) is 0 Å². The van der Waals surface area contributed by atoms with Gasteiger partial charge in [0.05, 0.1) is 0 Å². The molecule has 0 nitrogen and oxygen atoms in total. The van der Waals surface area contributed by atoms with Crippen molar-refractivity contribution in [1.82, 2.24) is 0 Å². The Morgan fingerprint density at radius 3 is 1.60 bits per heavy atom. The molecular formula is C41H26Cl2F6Hf-2. The van der Waals surface area contributed by atoms with Crippen LogP contribution in [0.5, 0.6) is 0 Å². The van der Waals surface area contributed by atoms with Crippen LogP contribution in [0.15, 0.2) is 146 Å². The van der Waals surface area contributed by atoms with Crippen molar-refractivity contribution >= 4 is 24.8 Å². The molecule has 0 saturated heterocycles. The van der Waals surface area contributed by atoms with E-state index in [0.717, 1.165) is 33.9 Å². The van der Waals surface area contributed by atoms with Gasteiger partial charge in [0.25, 0.3) is 0 Å². The molecule has 9 heteroatoms. The number of rotatable bonds is 2. The van der Waals surface area contributed by atoms with Crippen molar-refractivity contribution in [3.63, 3.8) is 0 Å². The first-order valence-electron chi connectivity index (χ1n) is 15.0. The maximum atomic E-state index is 12.5. The van der Waals surface area contributed by atoms with Crippen LogP contribution in [-0.4, -0.2) is 3.26 Å². The van der Waals surface area contributed by atoms with E-state index >= 15 is 0 Å². The number of hydrogen-bond acceptors (Lipinski definition) is 0. The Morgan fingerprint density at radius 2 is 1.08 bits per heavy atom. The standard InChI is InChI=1S/C21H13.C15H8F6.C5H5.2ClH.Hf/c1-2-8-15-14(7-1)13-20-18-11-4-3-9-16(18)17-10-5-6-12-19(17)21(15)20;16-14(17,18)12-5-1-10(2-6-12)9-11-3-7-13(8-4-11)15(19,20)21;1-2-4-5-3-1;;;/h1-10,12H,13H2;1-8H;1-5H;2*1H;/q-1;;-1;;;+2/p-2. The van der Waals surface area contributed by atoms with Gasteiger partial charge in [0.2, 0.25) is 0 Å². The summed E-state index contributed by atoms with van der Waals surface area (Å²) in [5, 5.41) is 5.30. The van der Waals surface area contributed by atoms with Gasteiger partial charge < -0.3 is 24.8 Å². The summed E-state index contributed by atoms with van der Waals surface area (Å²) in [5.74, 6) is 0. The molecule has 252 valence electrons. The van der Waals surface area contributed by atoms with Crippen LogP contribution in [0.2, 0.25) is 0 Å². The third-order valence-electron chi connectivity index (χ3n) is 8.16. The maximum Gasteiger partial charge on any atom is -0.0240 e. The molecule has 0 aromatic heterocycles. The Morgan fingerprint density at radius 1 is 0.580 bits per heavy atom. The smallest absolute Gasteiger partial charge is 0.0240 e. The summed E-state index contributed by atoms with van der Waals surface area (Å²) in [7, 11) is 0. The van der Waals surface area contributed by atoms with Gasteiger partial charge in [-0.15, -0.1) is 40.6 Å². The van der Waals surface area contributed by atoms with Gasteiger partial charge in [0.1, 0.15) is 0 Å². The Labute approximate surface area is 313 Å². The zero-order valence-corrected chi connectivity index (χ0v) is 31.2. The molecule has 0 bridgehead atoms. The minimum absolute atomic E-state index is 0. The van der Waals surface area contributed by atoms with Gasteiger partial charge in [-0.05, 0) is 28.5 Å². The van der Waals surface area contributed by atoms with E-state index in [1.807, 2.05) is 36.4 Å². The first-order valence-corrected chi connectivity index (χ1v) is 16.8. The molecule has 0 spiro atoms. The van der Waals surface area contributed by atoms with Gasteiger partial charge >= 0.3 is 137 Å². The van der Waals surface area contributed by atoms with Crippen LogP contribution < -0.4 is 24.8 Å². The number of benzene rings is 6. The topological polar surface area (TPSA) is 0 Å². The molecule has 0 saturated carbocycles. The predicted octanol–water partition coefficient (Wildman–Crippen LogP) is 5.62. The van der Waals surface area contributed by atoms with Gasteiger partial charge in [-0.2, -0.15) is 18.2 Å². The van der Waals surface area contributed by atoms with Gasteiger partial charge in [0.15, 0.2) is 0 Å². The first-order chi connectivity index (χ1) is 23.0. The van der Waals surface area contributed by atoms with Crippen molar-refractivity contribution in [2.24, 2.45) is 0 Å². The van der Waals surface area contributed by atoms with Crippen molar-refractivity contribution in [1.29, 1.82) is 0 Å². The Bertz CT molecular complexity index is 2110. The van der Waals surface area contributed by atoms with E-state index in [4.69, 9.17) is 0 Å². The number of fused-ring (bicyclic) bond motifs is 8. The van der Waals surface area contributed by atoms with Crippen LogP contribution in [0.4, 0.5) is 26.3 Å². The zero-order valence-electron chi connectivity index (χ0n) is 26.1. The van der Waals surface area contributed by atoms with Crippen molar-refractivity contribution in [2.75, 3.05) is 0 Å². The van der Waals surface area contributed by atoms with Gasteiger partial charge in [-0.3, -0.25) is 0 Å². The van der Waals surface area contributed by atoms with E-state index in [1.54, 1.807) is 0 Å². The second-order valence-corrected chi connectivity index (χ2v) is 13.0. The maximum absolute atomic E-state index is 12.5. The summed E-state index contributed by atoms with van der Waals surface area (Å²) in [6.07, 6.45) is -7.79. The fourth-order valence-corrected chi connectivity index (χ4v) is 7.06. The molecule has 0 N–H and O–H groups in total. The molecule has 0 radical (unpaired) electrons. The molecule has 8 rings (SSSR count). The molecule has 0 atom stereocenters. The third kappa shape index (κ3) is 8.51. The van der Waals surface area contributed by atoms with Crippen molar-refractivity contribution < 1.29 is 75.0 Å². The molecule has 0 aliphatic heterocycles. The molecule has 7 aromatic rings. The SMILES string of the molecule is FC(F)(F)c1ccc([C](=[Hf+2])c2ccc(C(F)(F)F)cc2)cc1.[Cl-].[Cl-].[c-]1cccc2c1c1c(c3ccccc32)-c2ccccc2C1.c1cc[cH-]c1. The molecule has 0 heterocycles. The van der Waals surface area contributed by atoms with Crippen molar-refractivity contribution in [3.05, 3.63) is 185 Å². The normalized spacial score (nSPS) is 11.5. The fourth-order valence-electron chi connectivity index (χ4n) is 5.87. The molecule has 1 aliphatic carbocycles. The van der Waals surface area contributed by atoms with E-state index in [9.17, 15) is 26.3 Å². The Kier molecular flexibility index (Phi) is 12.8. The van der Waals surface area contributed by atoms with E-state index in [1.165, 1.54) is 68.1 Å². The van der Waals surface area contributed by atoms with E-state index in [0.29, 0.717) is 35.0 Å². The summed E-state index contributed by atoms with van der Waals surface area (Å²) in [5.41, 5.74) is 5.34. The minimum Gasteiger partial charge on any atom is -1.00 e. The predicted molar refractivity (Wildman–Crippen MR) is 177 cm³/mol. The molecule has 50 heavy (non-hydrogen) atoms. The molecular weight excluding hydrogens is 856 g/mol. The zero-order chi connectivity index (χ0) is 33.9. The quantitative estimate of drug-likeness (QED) is 0.0918. The van der Waals surface area contributed by atoms with Crippen LogP contribution >= 0.6 is 0 Å². The summed E-state index contributed by atoms with van der Waals surface area (Å²) in [6.45, 7) is 0. The van der Waals surface area contributed by atoms with Crippen LogP contribution in [0, 0.1) is 6.07 Å². The summed E-state index contributed by atoms with van der Waals surface area (Å²) >= 11 is 0.493. The van der Waals surface area contributed by atoms with Crippen LogP contribution in [-0.2, 0) is 42.7 Å². The van der Waals surface area contributed by atoms with Crippen molar-refractivity contribution in [2.45, 2.75) is 18.8 Å². The van der Waals surface area contributed by atoms with E-state index in [2.05, 4.69) is 66.7 Å². The number of alkyl halides is 6. The number of hydrogen-bond donors (Lipinski definition) is 0. The summed E-state index contributed by atoms with van der Waals surface area (Å²) in [4.78, 5) is 0. The van der Waals surface area contributed by atoms with Gasteiger partial charge in [-0.1, -0.05) is 53.9 Å². The second kappa shape index (κ2) is 16.4. The molecule has 0 unspecified atom stereocenters. The third-order valence-corrected chi connectivity index (χ3v) is 10.2. The average Bonchev–Trinajstić information content (AvgIpc) is 3.81. The van der Waals surface area contributed by atoms with Crippen LogP contribution in [0.25, 0.3) is 32.7 Å². The number of halogens is 8. The molecule has 0 fully saturated rings. The van der Waals surface area contributed by atoms with E-state index < -0.39 is 23.5 Å². The fraction of sp³-hybridized carbons (Fsp3) is 0.0732. The summed E-state index contributed by atoms with van der Waals surface area (Å²) in [6, 6.07) is 46.6. The second-order valence-electron chi connectivity index (χ2n) is 11.2. The first kappa shape index (κ1) is 38.9. The Balaban J connectivity index is 0.000000190. The molecule has 0 amide bonds. The van der Waals surface area contributed by atoms with Crippen LogP contribution in [0.3, 0.4) is 0 Å².